The molecule has 3 nitrogen and oxygen atoms in total. The Labute approximate surface area is 148 Å². The minimum Gasteiger partial charge on any atom is -0.413 e. The highest BCUT2D eigenvalue weighted by atomic mass is 28.4. The van der Waals surface area contributed by atoms with Gasteiger partial charge in [0.1, 0.15) is 6.29 Å². The van der Waals surface area contributed by atoms with Gasteiger partial charge in [0.05, 0.1) is 19.3 Å². The van der Waals surface area contributed by atoms with Gasteiger partial charge in [0.15, 0.2) is 8.32 Å². The Hall–Kier alpha value is -0.973. The molecular formula is C20H34O3Si. The van der Waals surface area contributed by atoms with Gasteiger partial charge in [-0.05, 0) is 23.7 Å². The zero-order valence-electron chi connectivity index (χ0n) is 16.0. The number of hydrogen-bond donors (Lipinski definition) is 0. The summed E-state index contributed by atoms with van der Waals surface area (Å²) < 4.78 is 12.5. The Bertz CT molecular complexity index is 451. The fourth-order valence-electron chi connectivity index (χ4n) is 3.14. The molecule has 0 saturated heterocycles. The molecule has 0 N–H and O–H groups in total. The maximum atomic E-state index is 11.4. The molecule has 0 aliphatic rings. The molecule has 1 aromatic rings. The van der Waals surface area contributed by atoms with Crippen LogP contribution in [-0.2, 0) is 20.6 Å². The van der Waals surface area contributed by atoms with E-state index in [0.29, 0.717) is 13.2 Å². The fraction of sp³-hybridized carbons (Fsp3) is 0.650. The van der Waals surface area contributed by atoms with Crippen molar-refractivity contribution in [3.63, 3.8) is 0 Å². The van der Waals surface area contributed by atoms with Gasteiger partial charge in [0, 0.05) is 11.8 Å². The molecule has 136 valence electrons. The van der Waals surface area contributed by atoms with E-state index < -0.39 is 8.32 Å². The Balaban J connectivity index is 2.67. The van der Waals surface area contributed by atoms with Crippen LogP contribution in [0.1, 0.15) is 40.2 Å². The molecule has 0 aliphatic carbocycles. The highest BCUT2D eigenvalue weighted by molar-refractivity contribution is 6.73. The van der Waals surface area contributed by atoms with Crippen LogP contribution in [0, 0.1) is 11.8 Å². The Morgan fingerprint density at radius 1 is 1.04 bits per heavy atom. The first-order valence-electron chi connectivity index (χ1n) is 9.26. The second-order valence-electron chi connectivity index (χ2n) is 6.80. The van der Waals surface area contributed by atoms with E-state index in [0.717, 1.165) is 24.4 Å². The summed E-state index contributed by atoms with van der Waals surface area (Å²) in [5.74, 6) is 0.0993. The molecule has 0 aromatic heterocycles. The average Bonchev–Trinajstić information content (AvgIpc) is 2.63. The second kappa shape index (κ2) is 10.8. The molecule has 0 aliphatic heterocycles. The van der Waals surface area contributed by atoms with Crippen molar-refractivity contribution >= 4 is 14.6 Å². The SMILES string of the molecule is CC[Si](CC)(CC)O[C@H]([C@@H](C)C=O)[C@@H](C)COCc1ccccc1. The van der Waals surface area contributed by atoms with Crippen molar-refractivity contribution in [2.75, 3.05) is 6.61 Å². The van der Waals surface area contributed by atoms with Crippen LogP contribution in [0.25, 0.3) is 0 Å². The van der Waals surface area contributed by atoms with Gasteiger partial charge in [0.25, 0.3) is 0 Å². The van der Waals surface area contributed by atoms with Crippen LogP contribution >= 0.6 is 0 Å². The van der Waals surface area contributed by atoms with Gasteiger partial charge in [-0.1, -0.05) is 65.0 Å². The number of rotatable bonds is 12. The van der Waals surface area contributed by atoms with Crippen molar-refractivity contribution in [3.05, 3.63) is 35.9 Å². The molecule has 4 heteroatoms. The molecule has 1 rings (SSSR count). The van der Waals surface area contributed by atoms with Crippen molar-refractivity contribution < 1.29 is 14.0 Å². The van der Waals surface area contributed by atoms with Gasteiger partial charge in [-0.2, -0.15) is 0 Å². The van der Waals surface area contributed by atoms with Gasteiger partial charge >= 0.3 is 0 Å². The van der Waals surface area contributed by atoms with E-state index in [1.54, 1.807) is 0 Å². The molecule has 0 bridgehead atoms. The Morgan fingerprint density at radius 3 is 2.12 bits per heavy atom. The van der Waals surface area contributed by atoms with E-state index in [2.05, 4.69) is 39.8 Å². The lowest BCUT2D eigenvalue weighted by atomic mass is 9.95. The zero-order chi connectivity index (χ0) is 18.0. The average molecular weight is 351 g/mol. The van der Waals surface area contributed by atoms with E-state index in [-0.39, 0.29) is 17.9 Å². The molecule has 0 fully saturated rings. The van der Waals surface area contributed by atoms with Crippen molar-refractivity contribution in [2.45, 2.75) is 65.5 Å². The van der Waals surface area contributed by atoms with Crippen LogP contribution in [0.5, 0.6) is 0 Å². The van der Waals surface area contributed by atoms with Crippen LogP contribution in [0.4, 0.5) is 0 Å². The first-order chi connectivity index (χ1) is 11.5. The standard InChI is InChI=1S/C20H34O3Si/c1-6-24(7-2,8-3)23-20(17(4)14-21)18(5)15-22-16-19-12-10-9-11-13-19/h9-14,17-18,20H,6-8,15-16H2,1-5H3/t17-,18-,20+/m0/s1. The lowest BCUT2D eigenvalue weighted by Gasteiger charge is -2.37. The fourth-order valence-corrected chi connectivity index (χ4v) is 6.16. The predicted molar refractivity (Wildman–Crippen MR) is 103 cm³/mol. The Kier molecular flexibility index (Phi) is 9.48. The molecule has 1 aromatic carbocycles. The summed E-state index contributed by atoms with van der Waals surface area (Å²) >= 11 is 0. The summed E-state index contributed by atoms with van der Waals surface area (Å²) in [5, 5.41) is 0. The lowest BCUT2D eigenvalue weighted by Crippen LogP contribution is -2.45. The van der Waals surface area contributed by atoms with Crippen molar-refractivity contribution in [2.24, 2.45) is 11.8 Å². The minimum absolute atomic E-state index is 0.0511. The minimum atomic E-state index is -1.74. The summed E-state index contributed by atoms with van der Waals surface area (Å²) in [4.78, 5) is 11.4. The zero-order valence-corrected chi connectivity index (χ0v) is 17.0. The maximum Gasteiger partial charge on any atom is 0.192 e. The van der Waals surface area contributed by atoms with Gasteiger partial charge in [-0.3, -0.25) is 0 Å². The number of carbonyl (C=O) groups excluding carboxylic acids is 1. The van der Waals surface area contributed by atoms with E-state index in [1.165, 1.54) is 5.56 Å². The third-order valence-corrected chi connectivity index (χ3v) is 9.74. The third kappa shape index (κ3) is 6.15. The van der Waals surface area contributed by atoms with Gasteiger partial charge < -0.3 is 14.0 Å². The molecule has 24 heavy (non-hydrogen) atoms. The highest BCUT2D eigenvalue weighted by Gasteiger charge is 2.36. The molecule has 0 unspecified atom stereocenters. The maximum absolute atomic E-state index is 11.4. The number of carbonyl (C=O) groups is 1. The summed E-state index contributed by atoms with van der Waals surface area (Å²) in [6.45, 7) is 12.0. The first-order valence-corrected chi connectivity index (χ1v) is 11.8. The largest absolute Gasteiger partial charge is 0.413 e. The van der Waals surface area contributed by atoms with Gasteiger partial charge in [0.2, 0.25) is 0 Å². The summed E-state index contributed by atoms with van der Waals surface area (Å²) in [5.41, 5.74) is 1.17. The molecule has 0 heterocycles. The Morgan fingerprint density at radius 2 is 1.62 bits per heavy atom. The first kappa shape index (κ1) is 21.1. The normalized spacial score (nSPS) is 15.7. The van der Waals surface area contributed by atoms with E-state index in [4.69, 9.17) is 9.16 Å². The quantitative estimate of drug-likeness (QED) is 0.390. The van der Waals surface area contributed by atoms with Gasteiger partial charge in [-0.25, -0.2) is 0 Å². The van der Waals surface area contributed by atoms with E-state index >= 15 is 0 Å². The molecule has 0 saturated carbocycles. The smallest absolute Gasteiger partial charge is 0.192 e. The number of aldehydes is 1. The number of hydrogen-bond acceptors (Lipinski definition) is 3. The topological polar surface area (TPSA) is 35.5 Å². The monoisotopic (exact) mass is 350 g/mol. The molecule has 3 atom stereocenters. The third-order valence-electron chi connectivity index (χ3n) is 5.11. The number of benzene rings is 1. The van der Waals surface area contributed by atoms with Crippen molar-refractivity contribution in [1.82, 2.24) is 0 Å². The van der Waals surface area contributed by atoms with Crippen LogP contribution < -0.4 is 0 Å². The molecule has 0 spiro atoms. The summed E-state index contributed by atoms with van der Waals surface area (Å²) in [6, 6.07) is 13.5. The molecule has 0 radical (unpaired) electrons. The second-order valence-corrected chi connectivity index (χ2v) is 11.5. The lowest BCUT2D eigenvalue weighted by molar-refractivity contribution is -0.114. The van der Waals surface area contributed by atoms with Gasteiger partial charge in [-0.15, -0.1) is 0 Å². The van der Waals surface area contributed by atoms with Crippen LogP contribution in [0.3, 0.4) is 0 Å². The summed E-state index contributed by atoms with van der Waals surface area (Å²) in [7, 11) is -1.74. The van der Waals surface area contributed by atoms with Crippen molar-refractivity contribution in [1.29, 1.82) is 0 Å². The highest BCUT2D eigenvalue weighted by Crippen LogP contribution is 2.28. The summed E-state index contributed by atoms with van der Waals surface area (Å²) in [6.07, 6.45) is 0.975. The van der Waals surface area contributed by atoms with E-state index in [9.17, 15) is 4.79 Å². The molecule has 0 amide bonds. The van der Waals surface area contributed by atoms with Crippen LogP contribution in [-0.4, -0.2) is 27.3 Å². The number of ether oxygens (including phenoxy) is 1. The predicted octanol–water partition coefficient (Wildman–Crippen LogP) is 5.06. The molecular weight excluding hydrogens is 316 g/mol. The van der Waals surface area contributed by atoms with E-state index in [1.807, 2.05) is 25.1 Å². The van der Waals surface area contributed by atoms with Crippen molar-refractivity contribution in [3.8, 4) is 0 Å². The van der Waals surface area contributed by atoms with Crippen LogP contribution in [0.15, 0.2) is 30.3 Å². The van der Waals surface area contributed by atoms with Crippen LogP contribution in [0.2, 0.25) is 18.1 Å².